The van der Waals surface area contributed by atoms with Gasteiger partial charge in [-0.25, -0.2) is 0 Å². The average molecular weight is 286 g/mol. The molecule has 0 radical (unpaired) electrons. The Morgan fingerprint density at radius 1 is 1.35 bits per heavy atom. The highest BCUT2D eigenvalue weighted by atomic mass is 32.1. The number of anilines is 1. The van der Waals surface area contributed by atoms with Gasteiger partial charge in [-0.1, -0.05) is 18.2 Å². The van der Waals surface area contributed by atoms with Crippen molar-refractivity contribution in [3.63, 3.8) is 0 Å². The molecule has 0 aliphatic heterocycles. The number of carbonyl (C=O) groups excluding carboxylic acids is 1. The predicted molar refractivity (Wildman–Crippen MR) is 82.8 cm³/mol. The summed E-state index contributed by atoms with van der Waals surface area (Å²) in [6.45, 7) is 2.63. The molecule has 3 rings (SSSR count). The average Bonchev–Trinajstić information content (AvgIpc) is 3.15. The first-order chi connectivity index (χ1) is 9.66. The van der Waals surface area contributed by atoms with Crippen LogP contribution in [0.25, 0.3) is 0 Å². The van der Waals surface area contributed by atoms with Crippen LogP contribution in [0.1, 0.15) is 33.6 Å². The van der Waals surface area contributed by atoms with Crippen molar-refractivity contribution >= 4 is 22.9 Å². The van der Waals surface area contributed by atoms with Crippen LogP contribution in [0.4, 0.5) is 5.69 Å². The summed E-state index contributed by atoms with van der Waals surface area (Å²) in [5, 5.41) is 2.05. The van der Waals surface area contributed by atoms with Gasteiger partial charge >= 0.3 is 0 Å². The van der Waals surface area contributed by atoms with E-state index in [0.29, 0.717) is 23.8 Å². The molecule has 0 spiro atoms. The topological polar surface area (TPSA) is 46.3 Å². The molecule has 0 atom stereocenters. The van der Waals surface area contributed by atoms with E-state index in [1.807, 2.05) is 41.5 Å². The van der Waals surface area contributed by atoms with Crippen molar-refractivity contribution in [2.45, 2.75) is 32.4 Å². The fraction of sp³-hybridized carbons (Fsp3) is 0.312. The van der Waals surface area contributed by atoms with Gasteiger partial charge in [-0.2, -0.15) is 0 Å². The second-order valence-corrected chi connectivity index (χ2v) is 6.31. The number of nitrogens with two attached hydrogens (primary N) is 1. The van der Waals surface area contributed by atoms with Crippen LogP contribution in [0.15, 0.2) is 35.7 Å². The molecule has 1 fully saturated rings. The van der Waals surface area contributed by atoms with Crippen molar-refractivity contribution in [1.82, 2.24) is 4.90 Å². The third-order valence-electron chi connectivity index (χ3n) is 3.71. The Labute approximate surface area is 123 Å². The van der Waals surface area contributed by atoms with E-state index in [2.05, 4.69) is 6.07 Å². The highest BCUT2D eigenvalue weighted by Crippen LogP contribution is 2.31. The number of para-hydroxylation sites is 1. The maximum absolute atomic E-state index is 12.8. The highest BCUT2D eigenvalue weighted by molar-refractivity contribution is 7.09. The zero-order chi connectivity index (χ0) is 14.1. The summed E-state index contributed by atoms with van der Waals surface area (Å²) in [6, 6.07) is 10.1. The van der Waals surface area contributed by atoms with E-state index in [1.54, 1.807) is 11.3 Å². The summed E-state index contributed by atoms with van der Waals surface area (Å²) < 4.78 is 0. The van der Waals surface area contributed by atoms with Gasteiger partial charge in [0.2, 0.25) is 0 Å². The van der Waals surface area contributed by atoms with Gasteiger partial charge in [0.25, 0.3) is 5.91 Å². The van der Waals surface area contributed by atoms with Crippen LogP contribution >= 0.6 is 11.3 Å². The number of aryl methyl sites for hydroxylation is 1. The van der Waals surface area contributed by atoms with E-state index in [9.17, 15) is 4.79 Å². The molecule has 1 aliphatic carbocycles. The largest absolute Gasteiger partial charge is 0.398 e. The van der Waals surface area contributed by atoms with E-state index >= 15 is 0 Å². The minimum atomic E-state index is 0.0575. The summed E-state index contributed by atoms with van der Waals surface area (Å²) in [4.78, 5) is 16.0. The summed E-state index contributed by atoms with van der Waals surface area (Å²) in [5.74, 6) is 0.0575. The van der Waals surface area contributed by atoms with Crippen LogP contribution < -0.4 is 5.73 Å². The van der Waals surface area contributed by atoms with E-state index < -0.39 is 0 Å². The van der Waals surface area contributed by atoms with Crippen LogP contribution in [-0.2, 0) is 6.54 Å². The molecular weight excluding hydrogens is 268 g/mol. The first-order valence-electron chi connectivity index (χ1n) is 6.85. The van der Waals surface area contributed by atoms with Crippen LogP contribution in [0.2, 0.25) is 0 Å². The van der Waals surface area contributed by atoms with Crippen molar-refractivity contribution in [2.75, 3.05) is 5.73 Å². The van der Waals surface area contributed by atoms with E-state index in [-0.39, 0.29) is 5.91 Å². The minimum absolute atomic E-state index is 0.0575. The quantitative estimate of drug-likeness (QED) is 0.875. The lowest BCUT2D eigenvalue weighted by Crippen LogP contribution is -2.32. The van der Waals surface area contributed by atoms with Crippen molar-refractivity contribution in [2.24, 2.45) is 0 Å². The maximum atomic E-state index is 12.8. The smallest absolute Gasteiger partial charge is 0.256 e. The molecule has 4 heteroatoms. The number of nitrogens with zero attached hydrogens (tertiary/aromatic N) is 1. The summed E-state index contributed by atoms with van der Waals surface area (Å²) in [6.07, 6.45) is 2.20. The van der Waals surface area contributed by atoms with Crippen molar-refractivity contribution < 1.29 is 4.79 Å². The highest BCUT2D eigenvalue weighted by Gasteiger charge is 2.33. The number of amides is 1. The van der Waals surface area contributed by atoms with Gasteiger partial charge in [-0.15, -0.1) is 11.3 Å². The SMILES string of the molecule is Cc1cccc(C(=O)N(Cc2cccs2)C2CC2)c1N. The van der Waals surface area contributed by atoms with E-state index in [0.717, 1.165) is 18.4 Å². The van der Waals surface area contributed by atoms with Gasteiger partial charge < -0.3 is 10.6 Å². The second-order valence-electron chi connectivity index (χ2n) is 5.28. The van der Waals surface area contributed by atoms with E-state index in [1.165, 1.54) is 4.88 Å². The number of benzene rings is 1. The molecule has 20 heavy (non-hydrogen) atoms. The zero-order valence-electron chi connectivity index (χ0n) is 11.5. The van der Waals surface area contributed by atoms with Crippen LogP contribution in [0, 0.1) is 6.92 Å². The number of thiophene rings is 1. The van der Waals surface area contributed by atoms with Gasteiger partial charge in [-0.05, 0) is 42.8 Å². The Balaban J connectivity index is 1.87. The summed E-state index contributed by atoms with van der Waals surface area (Å²) >= 11 is 1.69. The van der Waals surface area contributed by atoms with Gasteiger partial charge in [0.1, 0.15) is 0 Å². The van der Waals surface area contributed by atoms with Gasteiger partial charge in [0.05, 0.1) is 12.1 Å². The molecule has 104 valence electrons. The third-order valence-corrected chi connectivity index (χ3v) is 4.57. The normalized spacial score (nSPS) is 14.2. The number of nitrogen functional groups attached to an aromatic ring is 1. The fourth-order valence-electron chi connectivity index (χ4n) is 2.35. The predicted octanol–water partition coefficient (Wildman–Crippen LogP) is 3.44. The lowest BCUT2D eigenvalue weighted by Gasteiger charge is -2.23. The number of hydrogen-bond donors (Lipinski definition) is 1. The van der Waals surface area contributed by atoms with Crippen molar-refractivity contribution in [1.29, 1.82) is 0 Å². The molecule has 1 saturated carbocycles. The molecule has 0 saturated heterocycles. The molecule has 0 bridgehead atoms. The number of carbonyl (C=O) groups is 1. The molecule has 3 nitrogen and oxygen atoms in total. The lowest BCUT2D eigenvalue weighted by atomic mass is 10.1. The second kappa shape index (κ2) is 5.29. The minimum Gasteiger partial charge on any atom is -0.398 e. The maximum Gasteiger partial charge on any atom is 0.256 e. The molecule has 2 N–H and O–H groups in total. The van der Waals surface area contributed by atoms with Gasteiger partial charge in [0.15, 0.2) is 0 Å². The summed E-state index contributed by atoms with van der Waals surface area (Å²) in [5.41, 5.74) is 8.27. The first kappa shape index (κ1) is 13.2. The number of rotatable bonds is 4. The van der Waals surface area contributed by atoms with Gasteiger partial charge in [-0.3, -0.25) is 4.79 Å². The molecule has 1 aromatic heterocycles. The van der Waals surface area contributed by atoms with Crippen LogP contribution in [-0.4, -0.2) is 16.8 Å². The molecule has 1 aromatic carbocycles. The van der Waals surface area contributed by atoms with Crippen molar-refractivity contribution in [3.8, 4) is 0 Å². The molecule has 0 unspecified atom stereocenters. The van der Waals surface area contributed by atoms with Crippen LogP contribution in [0.5, 0.6) is 0 Å². The molecular formula is C16H18N2OS. The Hall–Kier alpha value is -1.81. The van der Waals surface area contributed by atoms with Gasteiger partial charge in [0, 0.05) is 16.6 Å². The third kappa shape index (κ3) is 2.56. The Bertz CT molecular complexity index is 617. The number of hydrogen-bond acceptors (Lipinski definition) is 3. The monoisotopic (exact) mass is 286 g/mol. The summed E-state index contributed by atoms with van der Waals surface area (Å²) in [7, 11) is 0. The fourth-order valence-corrected chi connectivity index (χ4v) is 3.05. The van der Waals surface area contributed by atoms with Crippen LogP contribution in [0.3, 0.4) is 0 Å². The first-order valence-corrected chi connectivity index (χ1v) is 7.73. The Kier molecular flexibility index (Phi) is 3.49. The van der Waals surface area contributed by atoms with E-state index in [4.69, 9.17) is 5.73 Å². The lowest BCUT2D eigenvalue weighted by molar-refractivity contribution is 0.0732. The molecule has 2 aromatic rings. The zero-order valence-corrected chi connectivity index (χ0v) is 12.3. The molecule has 1 aliphatic rings. The Morgan fingerprint density at radius 3 is 2.80 bits per heavy atom. The Morgan fingerprint density at radius 2 is 2.15 bits per heavy atom. The van der Waals surface area contributed by atoms with Crippen molar-refractivity contribution in [3.05, 3.63) is 51.7 Å². The molecule has 1 amide bonds. The molecule has 1 heterocycles. The standard InChI is InChI=1S/C16H18N2OS/c1-11-4-2-6-14(15(11)17)16(19)18(12-7-8-12)10-13-5-3-9-20-13/h2-6,9,12H,7-8,10,17H2,1H3.